The van der Waals surface area contributed by atoms with Gasteiger partial charge in [0.25, 0.3) is 5.91 Å². The number of furan rings is 1. The highest BCUT2D eigenvalue weighted by Gasteiger charge is 2.24. The number of carbonyl (C=O) groups excluding carboxylic acids is 2. The predicted octanol–water partition coefficient (Wildman–Crippen LogP) is 4.80. The van der Waals surface area contributed by atoms with Gasteiger partial charge in [-0.25, -0.2) is 4.79 Å². The average molecular weight is 479 g/mol. The fourth-order valence-electron chi connectivity index (χ4n) is 3.73. The minimum absolute atomic E-state index is 0.139. The molecule has 182 valence electrons. The molecular weight excluding hydrogens is 454 g/mol. The molecule has 4 rings (SSSR count). The molecule has 1 aromatic heterocycles. The number of amides is 1. The number of para-hydroxylation sites is 1. The van der Waals surface area contributed by atoms with Crippen LogP contribution in [0.15, 0.2) is 52.9 Å². The number of hydrogen-bond acceptors (Lipinski definition) is 8. The first-order valence-corrected chi connectivity index (χ1v) is 10.7. The van der Waals surface area contributed by atoms with Gasteiger partial charge in [0.1, 0.15) is 16.9 Å². The van der Waals surface area contributed by atoms with E-state index in [4.69, 9.17) is 28.1 Å². The smallest absolute Gasteiger partial charge is 0.339 e. The van der Waals surface area contributed by atoms with Gasteiger partial charge in [-0.05, 0) is 31.2 Å². The highest BCUT2D eigenvalue weighted by atomic mass is 16.6. The lowest BCUT2D eigenvalue weighted by atomic mass is 10.1. The van der Waals surface area contributed by atoms with Crippen molar-refractivity contribution in [2.75, 3.05) is 33.8 Å². The summed E-state index contributed by atoms with van der Waals surface area (Å²) < 4.78 is 32.6. The lowest BCUT2D eigenvalue weighted by molar-refractivity contribution is -0.123. The summed E-state index contributed by atoms with van der Waals surface area (Å²) in [4.78, 5) is 25.6. The van der Waals surface area contributed by atoms with Crippen molar-refractivity contribution < 1.29 is 37.7 Å². The number of nitrogens with one attached hydrogen (secondary N) is 1. The van der Waals surface area contributed by atoms with Crippen LogP contribution in [0.1, 0.15) is 17.3 Å². The van der Waals surface area contributed by atoms with Crippen LogP contribution >= 0.6 is 0 Å². The largest absolute Gasteiger partial charge is 0.495 e. The van der Waals surface area contributed by atoms with Crippen LogP contribution in [0.2, 0.25) is 0 Å². The lowest BCUT2D eigenvalue weighted by Crippen LogP contribution is -2.30. The Morgan fingerprint density at radius 1 is 0.800 bits per heavy atom. The van der Waals surface area contributed by atoms with Gasteiger partial charge in [-0.2, -0.15) is 0 Å². The topological polar surface area (TPSA) is 105 Å². The van der Waals surface area contributed by atoms with Gasteiger partial charge < -0.3 is 33.4 Å². The van der Waals surface area contributed by atoms with E-state index >= 15 is 0 Å². The first kappa shape index (κ1) is 23.7. The fraction of sp³-hybridized carbons (Fsp3) is 0.231. The molecule has 1 N–H and O–H groups in total. The number of anilines is 1. The van der Waals surface area contributed by atoms with Crippen molar-refractivity contribution in [2.45, 2.75) is 13.0 Å². The van der Waals surface area contributed by atoms with Crippen molar-refractivity contribution in [3.8, 4) is 23.0 Å². The maximum Gasteiger partial charge on any atom is 0.339 e. The summed E-state index contributed by atoms with van der Waals surface area (Å²) in [6, 6.07) is 14.0. The summed E-state index contributed by atoms with van der Waals surface area (Å²) in [5.41, 5.74) is 1.84. The number of rotatable bonds is 8. The third kappa shape index (κ3) is 4.52. The third-order valence-electron chi connectivity index (χ3n) is 5.51. The Hall–Kier alpha value is -4.40. The zero-order valence-corrected chi connectivity index (χ0v) is 20.0. The molecule has 1 atom stereocenters. The molecule has 0 fully saturated rings. The van der Waals surface area contributed by atoms with Gasteiger partial charge in [0.15, 0.2) is 17.6 Å². The van der Waals surface area contributed by atoms with E-state index in [1.54, 1.807) is 12.1 Å². The Morgan fingerprint density at radius 3 is 2.09 bits per heavy atom. The molecule has 0 aliphatic rings. The minimum atomic E-state index is -1.11. The van der Waals surface area contributed by atoms with Crippen LogP contribution in [-0.2, 0) is 9.53 Å². The van der Waals surface area contributed by atoms with E-state index in [9.17, 15) is 9.59 Å². The first-order valence-electron chi connectivity index (χ1n) is 10.7. The molecular formula is C26H25NO8. The maximum absolute atomic E-state index is 12.9. The van der Waals surface area contributed by atoms with E-state index in [-0.39, 0.29) is 5.56 Å². The molecule has 4 aromatic rings. The normalized spacial score (nSPS) is 11.7. The summed E-state index contributed by atoms with van der Waals surface area (Å²) in [5, 5.41) is 4.54. The summed E-state index contributed by atoms with van der Waals surface area (Å²) in [6.45, 7) is 1.47. The van der Waals surface area contributed by atoms with E-state index in [0.29, 0.717) is 34.3 Å². The van der Waals surface area contributed by atoms with Crippen LogP contribution < -0.4 is 24.3 Å². The van der Waals surface area contributed by atoms with Crippen molar-refractivity contribution in [2.24, 2.45) is 0 Å². The molecule has 9 nitrogen and oxygen atoms in total. The quantitative estimate of drug-likeness (QED) is 0.359. The van der Waals surface area contributed by atoms with Crippen molar-refractivity contribution in [1.29, 1.82) is 0 Å². The van der Waals surface area contributed by atoms with Crippen molar-refractivity contribution in [1.82, 2.24) is 0 Å². The lowest BCUT2D eigenvalue weighted by Gasteiger charge is -2.17. The van der Waals surface area contributed by atoms with E-state index in [0.717, 1.165) is 16.4 Å². The number of benzene rings is 3. The van der Waals surface area contributed by atoms with Crippen molar-refractivity contribution in [3.63, 3.8) is 0 Å². The standard InChI is InChI=1S/C26H25NO8/c1-14(34-26(29)15-10-22(31-3)24(33-5)23(11-15)32-4)25(28)27-18-13-20-17(12-21(18)30-2)16-8-6-7-9-19(16)35-20/h6-14H,1-5H3,(H,27,28). The maximum atomic E-state index is 12.9. The van der Waals surface area contributed by atoms with Gasteiger partial charge in [0.2, 0.25) is 5.75 Å². The minimum Gasteiger partial charge on any atom is -0.495 e. The Kier molecular flexibility index (Phi) is 6.68. The first-order chi connectivity index (χ1) is 16.9. The zero-order chi connectivity index (χ0) is 25.1. The van der Waals surface area contributed by atoms with Crippen molar-refractivity contribution >= 4 is 39.5 Å². The van der Waals surface area contributed by atoms with Crippen LogP contribution in [0.25, 0.3) is 21.9 Å². The highest BCUT2D eigenvalue weighted by molar-refractivity contribution is 6.08. The van der Waals surface area contributed by atoms with Gasteiger partial charge in [0, 0.05) is 16.8 Å². The number of fused-ring (bicyclic) bond motifs is 3. The van der Waals surface area contributed by atoms with Gasteiger partial charge in [0.05, 0.1) is 39.7 Å². The van der Waals surface area contributed by atoms with E-state index < -0.39 is 18.0 Å². The molecule has 0 spiro atoms. The zero-order valence-electron chi connectivity index (χ0n) is 20.0. The van der Waals surface area contributed by atoms with Crippen LogP contribution in [0.3, 0.4) is 0 Å². The second-order valence-electron chi connectivity index (χ2n) is 7.60. The molecule has 0 bridgehead atoms. The second-order valence-corrected chi connectivity index (χ2v) is 7.60. The molecule has 1 heterocycles. The molecule has 0 aliphatic carbocycles. The number of hydrogen-bond donors (Lipinski definition) is 1. The molecule has 1 amide bonds. The number of methoxy groups -OCH3 is 4. The molecule has 35 heavy (non-hydrogen) atoms. The highest BCUT2D eigenvalue weighted by Crippen LogP contribution is 2.39. The molecule has 1 unspecified atom stereocenters. The third-order valence-corrected chi connectivity index (χ3v) is 5.51. The number of esters is 1. The molecule has 0 aliphatic heterocycles. The van der Waals surface area contributed by atoms with Crippen LogP contribution in [0, 0.1) is 0 Å². The summed E-state index contributed by atoms with van der Waals surface area (Å²) in [7, 11) is 5.85. The van der Waals surface area contributed by atoms with Gasteiger partial charge >= 0.3 is 5.97 Å². The summed E-state index contributed by atoms with van der Waals surface area (Å²) in [5.74, 6) is 0.0942. The summed E-state index contributed by atoms with van der Waals surface area (Å²) >= 11 is 0. The van der Waals surface area contributed by atoms with Gasteiger partial charge in [-0.1, -0.05) is 18.2 Å². The number of carbonyl (C=O) groups is 2. The Morgan fingerprint density at radius 2 is 1.46 bits per heavy atom. The van der Waals surface area contributed by atoms with Crippen LogP contribution in [-0.4, -0.2) is 46.4 Å². The molecule has 0 radical (unpaired) electrons. The van der Waals surface area contributed by atoms with Gasteiger partial charge in [-0.15, -0.1) is 0 Å². The molecule has 3 aromatic carbocycles. The molecule has 0 saturated heterocycles. The Balaban J connectivity index is 1.54. The van der Waals surface area contributed by atoms with Gasteiger partial charge in [-0.3, -0.25) is 4.79 Å². The van der Waals surface area contributed by atoms with E-state index in [2.05, 4.69) is 5.32 Å². The van der Waals surface area contributed by atoms with Crippen LogP contribution in [0.4, 0.5) is 5.69 Å². The SMILES string of the molecule is COc1cc2c(cc1NC(=O)C(C)OC(=O)c1cc(OC)c(OC)c(OC)c1)oc1ccccc12. The monoisotopic (exact) mass is 479 g/mol. The predicted molar refractivity (Wildman–Crippen MR) is 130 cm³/mol. The molecule has 9 heteroatoms. The average Bonchev–Trinajstić information content (AvgIpc) is 3.24. The second kappa shape index (κ2) is 9.84. The Labute approximate surface area is 201 Å². The molecule has 0 saturated carbocycles. The van der Waals surface area contributed by atoms with Crippen molar-refractivity contribution in [3.05, 3.63) is 54.1 Å². The number of ether oxygens (including phenoxy) is 5. The fourth-order valence-corrected chi connectivity index (χ4v) is 3.73. The van der Waals surface area contributed by atoms with Crippen LogP contribution in [0.5, 0.6) is 23.0 Å². The van der Waals surface area contributed by atoms with E-state index in [1.807, 2.05) is 24.3 Å². The Bertz CT molecular complexity index is 1380. The summed E-state index contributed by atoms with van der Waals surface area (Å²) in [6.07, 6.45) is -1.11. The van der Waals surface area contributed by atoms with E-state index in [1.165, 1.54) is 47.5 Å².